The largest absolute Gasteiger partial charge is 0.314 e. The molecule has 5 heterocycles. The van der Waals surface area contributed by atoms with Crippen LogP contribution in [0.25, 0.3) is 33.8 Å². The molecule has 5 heteroatoms. The van der Waals surface area contributed by atoms with E-state index in [9.17, 15) is 0 Å². The molecule has 118 valence electrons. The first kappa shape index (κ1) is 12.9. The van der Waals surface area contributed by atoms with Gasteiger partial charge in [0.05, 0.1) is 18.0 Å². The Morgan fingerprint density at radius 1 is 0.920 bits per heavy atom. The van der Waals surface area contributed by atoms with Crippen LogP contribution in [0.15, 0.2) is 73.4 Å². The van der Waals surface area contributed by atoms with E-state index in [1.165, 1.54) is 16.6 Å². The van der Waals surface area contributed by atoms with E-state index in [4.69, 9.17) is 0 Å². The second kappa shape index (κ2) is 4.54. The highest BCUT2D eigenvalue weighted by atomic mass is 15.2. The van der Waals surface area contributed by atoms with E-state index in [-0.39, 0.29) is 0 Å². The summed E-state index contributed by atoms with van der Waals surface area (Å²) in [6.07, 6.45) is 7.73. The number of rotatable bonds is 1. The van der Waals surface area contributed by atoms with Crippen LogP contribution < -0.4 is 4.57 Å². The fourth-order valence-electron chi connectivity index (χ4n) is 3.95. The number of pyridine rings is 1. The van der Waals surface area contributed by atoms with Crippen LogP contribution in [0.3, 0.4) is 0 Å². The lowest BCUT2D eigenvalue weighted by molar-refractivity contribution is -0.645. The minimum absolute atomic E-state index is 0.844. The Bertz CT molecular complexity index is 1260. The summed E-state index contributed by atoms with van der Waals surface area (Å²) >= 11 is 0. The molecule has 0 radical (unpaired) electrons. The zero-order valence-corrected chi connectivity index (χ0v) is 13.4. The molecule has 25 heavy (non-hydrogen) atoms. The lowest BCUT2D eigenvalue weighted by Crippen LogP contribution is -2.31. The quantitative estimate of drug-likeness (QED) is 0.436. The van der Waals surface area contributed by atoms with Gasteiger partial charge in [0.2, 0.25) is 5.52 Å². The third-order valence-corrected chi connectivity index (χ3v) is 4.96. The summed E-state index contributed by atoms with van der Waals surface area (Å²) < 4.78 is 6.77. The number of benzene rings is 1. The van der Waals surface area contributed by atoms with Crippen molar-refractivity contribution in [3.05, 3.63) is 79.0 Å². The number of hydrogen-bond acceptors (Lipinski definition) is 2. The number of para-hydroxylation sites is 1. The van der Waals surface area contributed by atoms with Crippen LogP contribution in [0.4, 0.5) is 0 Å². The van der Waals surface area contributed by atoms with E-state index in [1.54, 1.807) is 0 Å². The molecule has 0 spiro atoms. The fourth-order valence-corrected chi connectivity index (χ4v) is 3.95. The minimum atomic E-state index is 0.844. The van der Waals surface area contributed by atoms with Gasteiger partial charge in [0, 0.05) is 18.0 Å². The van der Waals surface area contributed by atoms with Gasteiger partial charge in [-0.15, -0.1) is 0 Å². The Labute approximate surface area is 143 Å². The molecule has 4 aromatic heterocycles. The molecular formula is C20H14N5+. The number of fused-ring (bicyclic) bond motifs is 7. The third-order valence-electron chi connectivity index (χ3n) is 4.96. The van der Waals surface area contributed by atoms with Gasteiger partial charge in [0.1, 0.15) is 12.2 Å². The van der Waals surface area contributed by atoms with Crippen molar-refractivity contribution in [2.24, 2.45) is 0 Å². The van der Waals surface area contributed by atoms with Gasteiger partial charge in [-0.1, -0.05) is 24.3 Å². The Morgan fingerprint density at radius 3 is 2.76 bits per heavy atom. The zero-order valence-electron chi connectivity index (χ0n) is 13.4. The van der Waals surface area contributed by atoms with Crippen molar-refractivity contribution in [2.45, 2.75) is 6.54 Å². The maximum absolute atomic E-state index is 4.68. The highest BCUT2D eigenvalue weighted by Gasteiger charge is 2.37. The molecule has 0 unspecified atom stereocenters. The molecule has 0 saturated carbocycles. The van der Waals surface area contributed by atoms with Crippen LogP contribution in [-0.4, -0.2) is 18.9 Å². The molecule has 0 N–H and O–H groups in total. The van der Waals surface area contributed by atoms with Crippen molar-refractivity contribution < 1.29 is 4.57 Å². The summed E-state index contributed by atoms with van der Waals surface area (Å²) in [4.78, 5) is 8.94. The van der Waals surface area contributed by atoms with Crippen molar-refractivity contribution in [1.29, 1.82) is 0 Å². The van der Waals surface area contributed by atoms with Gasteiger partial charge >= 0.3 is 5.82 Å². The van der Waals surface area contributed by atoms with E-state index in [0.29, 0.717) is 0 Å². The lowest BCUT2D eigenvalue weighted by atomic mass is 10.2. The first-order valence-corrected chi connectivity index (χ1v) is 8.30. The summed E-state index contributed by atoms with van der Waals surface area (Å²) in [7, 11) is 0. The Kier molecular flexibility index (Phi) is 2.34. The van der Waals surface area contributed by atoms with Crippen LogP contribution in [-0.2, 0) is 6.54 Å². The molecule has 0 fully saturated rings. The summed E-state index contributed by atoms with van der Waals surface area (Å²) in [5.74, 6) is 1.14. The van der Waals surface area contributed by atoms with Gasteiger partial charge in [0.25, 0.3) is 0 Å². The number of aromatic nitrogens is 5. The molecule has 0 aliphatic carbocycles. The van der Waals surface area contributed by atoms with E-state index in [2.05, 4.69) is 66.1 Å². The highest BCUT2D eigenvalue weighted by Crippen LogP contribution is 2.34. The molecule has 0 amide bonds. The van der Waals surface area contributed by atoms with Crippen molar-refractivity contribution in [2.75, 3.05) is 0 Å². The predicted octanol–water partition coefficient (Wildman–Crippen LogP) is 2.99. The number of nitrogens with zero attached hydrogens (tertiary/aromatic N) is 5. The average molecular weight is 324 g/mol. The first-order chi connectivity index (χ1) is 12.4. The van der Waals surface area contributed by atoms with E-state index >= 15 is 0 Å². The van der Waals surface area contributed by atoms with E-state index in [1.807, 2.05) is 30.9 Å². The third kappa shape index (κ3) is 1.59. The Hall–Kier alpha value is -3.47. The number of hydrogen-bond donors (Lipinski definition) is 0. The van der Waals surface area contributed by atoms with Gasteiger partial charge in [-0.25, -0.2) is 14.5 Å². The van der Waals surface area contributed by atoms with Gasteiger partial charge in [-0.3, -0.25) is 4.40 Å². The topological polar surface area (TPSA) is 39.0 Å². The van der Waals surface area contributed by atoms with Crippen LogP contribution in [0, 0.1) is 0 Å². The van der Waals surface area contributed by atoms with Crippen molar-refractivity contribution in [3.8, 4) is 17.2 Å². The number of imidazole rings is 1. The van der Waals surface area contributed by atoms with Gasteiger partial charge in [0.15, 0.2) is 11.2 Å². The monoisotopic (exact) mass is 324 g/mol. The molecule has 1 aliphatic heterocycles. The van der Waals surface area contributed by atoms with Crippen molar-refractivity contribution in [1.82, 2.24) is 18.9 Å². The highest BCUT2D eigenvalue weighted by molar-refractivity contribution is 5.92. The molecule has 6 rings (SSSR count). The van der Waals surface area contributed by atoms with Crippen LogP contribution in [0.2, 0.25) is 0 Å². The van der Waals surface area contributed by atoms with Gasteiger partial charge < -0.3 is 0 Å². The maximum Gasteiger partial charge on any atom is 0.314 e. The zero-order chi connectivity index (χ0) is 16.4. The fraction of sp³-hybridized carbons (Fsp3) is 0.0500. The molecule has 0 bridgehead atoms. The molecule has 5 nitrogen and oxygen atoms in total. The molecule has 5 aromatic rings. The van der Waals surface area contributed by atoms with Gasteiger partial charge in [-0.2, -0.15) is 4.57 Å². The van der Waals surface area contributed by atoms with E-state index in [0.717, 1.165) is 29.3 Å². The summed E-state index contributed by atoms with van der Waals surface area (Å²) in [5.41, 5.74) is 7.02. The second-order valence-electron chi connectivity index (χ2n) is 6.33. The first-order valence-electron chi connectivity index (χ1n) is 8.30. The van der Waals surface area contributed by atoms with Gasteiger partial charge in [-0.05, 0) is 24.3 Å². The minimum Gasteiger partial charge on any atom is -0.299 e. The standard InChI is InChI=1S/C20H14N5/c1-2-6-15(7-3-1)25-17-12-23-13-21-10-8-16(23)19(17)24-11-14-5-4-9-22-18(14)20(24)25/h1-10,12-13H,11H2/q+1. The van der Waals surface area contributed by atoms with Crippen molar-refractivity contribution >= 4 is 16.6 Å². The van der Waals surface area contributed by atoms with Crippen molar-refractivity contribution in [3.63, 3.8) is 0 Å². The second-order valence-corrected chi connectivity index (χ2v) is 6.33. The van der Waals surface area contributed by atoms with E-state index < -0.39 is 0 Å². The molecule has 0 saturated heterocycles. The smallest absolute Gasteiger partial charge is 0.299 e. The Morgan fingerprint density at radius 2 is 1.84 bits per heavy atom. The molecule has 0 atom stereocenters. The molecule has 1 aromatic carbocycles. The lowest BCUT2D eigenvalue weighted by Gasteiger charge is -2.00. The van der Waals surface area contributed by atoms with Crippen LogP contribution >= 0.6 is 0 Å². The summed E-state index contributed by atoms with van der Waals surface area (Å²) in [5, 5.41) is 0. The normalized spacial score (nSPS) is 12.6. The summed E-state index contributed by atoms with van der Waals surface area (Å²) in [6, 6.07) is 16.7. The molecular weight excluding hydrogens is 310 g/mol. The van der Waals surface area contributed by atoms with Crippen LogP contribution in [0.5, 0.6) is 0 Å². The average Bonchev–Trinajstić information content (AvgIpc) is 3.29. The van der Waals surface area contributed by atoms with Crippen LogP contribution in [0.1, 0.15) is 5.56 Å². The summed E-state index contributed by atoms with van der Waals surface area (Å²) in [6.45, 7) is 0.844. The molecule has 1 aliphatic rings. The maximum atomic E-state index is 4.68. The SMILES string of the molecule is c1ccc(-n2c3[n+](c4c2cn2cnccc42)Cc2cccnc2-3)cc1. The predicted molar refractivity (Wildman–Crippen MR) is 94.6 cm³/mol. The Balaban J connectivity index is 1.83.